The van der Waals surface area contributed by atoms with Crippen LogP contribution in [0.15, 0.2) is 0 Å². The molecule has 4 unspecified atom stereocenters. The van der Waals surface area contributed by atoms with Crippen LogP contribution in [0.25, 0.3) is 0 Å². The highest BCUT2D eigenvalue weighted by atomic mass is 16.3. The zero-order chi connectivity index (χ0) is 11.8. The fraction of sp³-hybridized carbons (Fsp3) is 1.00. The summed E-state index contributed by atoms with van der Waals surface area (Å²) in [5.74, 6) is 1.54. The molecule has 0 amide bonds. The van der Waals surface area contributed by atoms with Crippen molar-refractivity contribution in [2.45, 2.75) is 64.4 Å². The van der Waals surface area contributed by atoms with Crippen LogP contribution in [-0.4, -0.2) is 17.3 Å². The molecule has 0 radical (unpaired) electrons. The predicted molar refractivity (Wildman–Crippen MR) is 67.1 cm³/mol. The van der Waals surface area contributed by atoms with Crippen molar-refractivity contribution in [2.75, 3.05) is 6.54 Å². The minimum atomic E-state index is -0.504. The number of nitrogens with two attached hydrogens (primary N) is 1. The van der Waals surface area contributed by atoms with E-state index in [4.69, 9.17) is 5.73 Å². The average Bonchev–Trinajstić information content (AvgIpc) is 2.89. The molecule has 2 nitrogen and oxygen atoms in total. The standard InChI is InChI=1S/C14H27NO/c1-3-7-14(16,4-2)13(10-15)9-11-5-6-12(13)8-11/h11-12,16H,3-10,15H2,1-2H3. The van der Waals surface area contributed by atoms with Crippen LogP contribution in [-0.2, 0) is 0 Å². The van der Waals surface area contributed by atoms with E-state index in [0.29, 0.717) is 12.5 Å². The normalized spacial score (nSPS) is 41.2. The van der Waals surface area contributed by atoms with Crippen molar-refractivity contribution in [1.82, 2.24) is 0 Å². The minimum Gasteiger partial charge on any atom is -0.389 e. The van der Waals surface area contributed by atoms with Crippen LogP contribution in [0.5, 0.6) is 0 Å². The molecule has 2 bridgehead atoms. The quantitative estimate of drug-likeness (QED) is 0.755. The lowest BCUT2D eigenvalue weighted by Gasteiger charge is -2.49. The Morgan fingerprint density at radius 1 is 1.38 bits per heavy atom. The van der Waals surface area contributed by atoms with Crippen LogP contribution >= 0.6 is 0 Å². The second-order valence-electron chi connectivity index (χ2n) is 6.08. The zero-order valence-electron chi connectivity index (χ0n) is 10.8. The molecule has 3 N–H and O–H groups in total. The summed E-state index contributed by atoms with van der Waals surface area (Å²) in [6, 6.07) is 0. The van der Waals surface area contributed by atoms with Gasteiger partial charge >= 0.3 is 0 Å². The highest BCUT2D eigenvalue weighted by Gasteiger charge is 2.59. The first-order valence-corrected chi connectivity index (χ1v) is 7.04. The summed E-state index contributed by atoms with van der Waals surface area (Å²) in [6.07, 6.45) is 8.02. The van der Waals surface area contributed by atoms with Gasteiger partial charge in [-0.3, -0.25) is 0 Å². The van der Waals surface area contributed by atoms with E-state index in [0.717, 1.165) is 25.2 Å². The summed E-state index contributed by atoms with van der Waals surface area (Å²) in [4.78, 5) is 0. The molecule has 2 rings (SSSR count). The molecular weight excluding hydrogens is 198 g/mol. The third kappa shape index (κ3) is 1.53. The Kier molecular flexibility index (Phi) is 3.33. The maximum atomic E-state index is 11.0. The van der Waals surface area contributed by atoms with Gasteiger partial charge in [-0.1, -0.05) is 26.7 Å². The van der Waals surface area contributed by atoms with Crippen molar-refractivity contribution in [1.29, 1.82) is 0 Å². The number of hydrogen-bond donors (Lipinski definition) is 2. The fourth-order valence-electron chi connectivity index (χ4n) is 4.65. The minimum absolute atomic E-state index is 0.0423. The van der Waals surface area contributed by atoms with Gasteiger partial charge < -0.3 is 10.8 Å². The highest BCUT2D eigenvalue weighted by molar-refractivity contribution is 5.10. The molecule has 4 atom stereocenters. The van der Waals surface area contributed by atoms with Crippen molar-refractivity contribution < 1.29 is 5.11 Å². The molecule has 2 aliphatic rings. The van der Waals surface area contributed by atoms with Gasteiger partial charge in [-0.25, -0.2) is 0 Å². The lowest BCUT2D eigenvalue weighted by atomic mass is 9.60. The van der Waals surface area contributed by atoms with Gasteiger partial charge in [0, 0.05) is 12.0 Å². The molecule has 0 spiro atoms. The first-order valence-electron chi connectivity index (χ1n) is 7.04. The van der Waals surface area contributed by atoms with Gasteiger partial charge in [0.1, 0.15) is 0 Å². The third-order valence-corrected chi connectivity index (χ3v) is 5.52. The van der Waals surface area contributed by atoms with Crippen molar-refractivity contribution in [3.8, 4) is 0 Å². The smallest absolute Gasteiger partial charge is 0.0715 e. The Bertz CT molecular complexity index is 255. The molecular formula is C14H27NO. The van der Waals surface area contributed by atoms with E-state index >= 15 is 0 Å². The highest BCUT2D eigenvalue weighted by Crippen LogP contribution is 2.61. The van der Waals surface area contributed by atoms with E-state index in [1.165, 1.54) is 25.7 Å². The number of rotatable bonds is 5. The van der Waals surface area contributed by atoms with E-state index < -0.39 is 5.60 Å². The molecule has 0 aromatic rings. The van der Waals surface area contributed by atoms with Gasteiger partial charge in [0.05, 0.1) is 5.60 Å². The maximum absolute atomic E-state index is 11.0. The number of fused-ring (bicyclic) bond motifs is 2. The summed E-state index contributed by atoms with van der Waals surface area (Å²) < 4.78 is 0. The Labute approximate surface area is 99.6 Å². The van der Waals surface area contributed by atoms with Gasteiger partial charge in [0.2, 0.25) is 0 Å². The van der Waals surface area contributed by atoms with Crippen molar-refractivity contribution in [3.05, 3.63) is 0 Å². The van der Waals surface area contributed by atoms with Crippen molar-refractivity contribution >= 4 is 0 Å². The van der Waals surface area contributed by atoms with Gasteiger partial charge in [-0.15, -0.1) is 0 Å². The molecule has 0 heterocycles. The molecule has 0 aliphatic heterocycles. The summed E-state index contributed by atoms with van der Waals surface area (Å²) in [5.41, 5.74) is 5.63. The monoisotopic (exact) mass is 225 g/mol. The van der Waals surface area contributed by atoms with Crippen LogP contribution < -0.4 is 5.73 Å². The van der Waals surface area contributed by atoms with Crippen LogP contribution in [0.3, 0.4) is 0 Å². The average molecular weight is 225 g/mol. The molecule has 0 aromatic carbocycles. The summed E-state index contributed by atoms with van der Waals surface area (Å²) in [7, 11) is 0. The van der Waals surface area contributed by atoms with Crippen molar-refractivity contribution in [3.63, 3.8) is 0 Å². The van der Waals surface area contributed by atoms with Gasteiger partial charge in [0.25, 0.3) is 0 Å². The SMILES string of the molecule is CCCC(O)(CC)C1(CN)CC2CCC1C2. The molecule has 2 heteroatoms. The van der Waals surface area contributed by atoms with Gasteiger partial charge in [0.15, 0.2) is 0 Å². The number of aliphatic hydroxyl groups is 1. The van der Waals surface area contributed by atoms with Crippen LogP contribution in [0.2, 0.25) is 0 Å². The van der Waals surface area contributed by atoms with E-state index in [1.54, 1.807) is 0 Å². The molecule has 2 saturated carbocycles. The predicted octanol–water partition coefficient (Wildman–Crippen LogP) is 2.69. The van der Waals surface area contributed by atoms with Crippen LogP contribution in [0.4, 0.5) is 0 Å². The Morgan fingerprint density at radius 3 is 2.50 bits per heavy atom. The van der Waals surface area contributed by atoms with Crippen LogP contribution in [0.1, 0.15) is 58.8 Å². The number of hydrogen-bond acceptors (Lipinski definition) is 2. The molecule has 0 saturated heterocycles. The first kappa shape index (κ1) is 12.4. The van der Waals surface area contributed by atoms with E-state index in [2.05, 4.69) is 13.8 Å². The van der Waals surface area contributed by atoms with Crippen molar-refractivity contribution in [2.24, 2.45) is 23.0 Å². The second kappa shape index (κ2) is 4.30. The Hall–Kier alpha value is -0.0800. The topological polar surface area (TPSA) is 46.2 Å². The van der Waals surface area contributed by atoms with Gasteiger partial charge in [-0.2, -0.15) is 0 Å². The molecule has 16 heavy (non-hydrogen) atoms. The largest absolute Gasteiger partial charge is 0.389 e. The first-order chi connectivity index (χ1) is 7.62. The summed E-state index contributed by atoms with van der Waals surface area (Å²) in [5, 5.41) is 11.0. The maximum Gasteiger partial charge on any atom is 0.0715 e. The fourth-order valence-corrected chi connectivity index (χ4v) is 4.65. The zero-order valence-corrected chi connectivity index (χ0v) is 10.8. The second-order valence-corrected chi connectivity index (χ2v) is 6.08. The van der Waals surface area contributed by atoms with E-state index in [1.807, 2.05) is 0 Å². The Morgan fingerprint density at radius 2 is 2.12 bits per heavy atom. The summed E-state index contributed by atoms with van der Waals surface area (Å²) in [6.45, 7) is 4.97. The lowest BCUT2D eigenvalue weighted by Crippen LogP contribution is -2.55. The van der Waals surface area contributed by atoms with Crippen LogP contribution in [0, 0.1) is 17.3 Å². The molecule has 94 valence electrons. The summed E-state index contributed by atoms with van der Waals surface area (Å²) >= 11 is 0. The molecule has 2 fully saturated rings. The van der Waals surface area contributed by atoms with E-state index in [-0.39, 0.29) is 5.41 Å². The molecule has 2 aliphatic carbocycles. The van der Waals surface area contributed by atoms with E-state index in [9.17, 15) is 5.11 Å². The lowest BCUT2D eigenvalue weighted by molar-refractivity contribution is -0.118. The molecule has 0 aromatic heterocycles. The Balaban J connectivity index is 2.26. The van der Waals surface area contributed by atoms with Gasteiger partial charge in [-0.05, 0) is 43.9 Å². The third-order valence-electron chi connectivity index (χ3n) is 5.52.